The van der Waals surface area contributed by atoms with Crippen LogP contribution in [0.1, 0.15) is 28.1 Å². The molecule has 0 saturated heterocycles. The van der Waals surface area contributed by atoms with Gasteiger partial charge in [0.2, 0.25) is 0 Å². The molecule has 1 heterocycles. The summed E-state index contributed by atoms with van der Waals surface area (Å²) in [5, 5.41) is 8.73. The number of hydrogen-bond acceptors (Lipinski definition) is 3. The first-order chi connectivity index (χ1) is 16.1. The van der Waals surface area contributed by atoms with Crippen LogP contribution in [-0.2, 0) is 24.2 Å². The molecule has 4 aromatic rings. The zero-order chi connectivity index (χ0) is 23.0. The minimum atomic E-state index is -0.564. The van der Waals surface area contributed by atoms with E-state index in [-0.39, 0.29) is 0 Å². The summed E-state index contributed by atoms with van der Waals surface area (Å²) in [4.78, 5) is 16.4. The van der Waals surface area contributed by atoms with Crippen LogP contribution >= 0.6 is 0 Å². The molecule has 0 saturated carbocycles. The van der Waals surface area contributed by atoms with E-state index in [4.69, 9.17) is 10.2 Å². The number of amides is 1. The molecule has 0 aliphatic rings. The summed E-state index contributed by atoms with van der Waals surface area (Å²) in [5.41, 5.74) is 8.19. The molecule has 0 aliphatic carbocycles. The molecule has 33 heavy (non-hydrogen) atoms. The van der Waals surface area contributed by atoms with Gasteiger partial charge in [0.25, 0.3) is 5.91 Å². The predicted octanol–water partition coefficient (Wildman–Crippen LogP) is 5.21. The highest BCUT2D eigenvalue weighted by atomic mass is 16.5. The first-order valence-electron chi connectivity index (χ1n) is 11.0. The van der Waals surface area contributed by atoms with Crippen LogP contribution in [0.25, 0.3) is 17.5 Å². The molecule has 5 heteroatoms. The Labute approximate surface area is 194 Å². The number of nitrogens with zero attached hydrogens (tertiary/aromatic N) is 2. The lowest BCUT2D eigenvalue weighted by Crippen LogP contribution is -2.14. The highest BCUT2D eigenvalue weighted by Crippen LogP contribution is 2.26. The van der Waals surface area contributed by atoms with E-state index in [1.807, 2.05) is 36.4 Å². The molecule has 1 aromatic heterocycles. The Morgan fingerprint density at radius 3 is 2.36 bits per heavy atom. The molecule has 4 rings (SSSR count). The van der Waals surface area contributed by atoms with Gasteiger partial charge >= 0.3 is 0 Å². The standard InChI is InChI=1S/C28H27N3O2/c1-21-26(20-23-11-6-3-7-12-23)29-28(31(21)18-17-22-9-4-2-5-10-22)25-14-8-13-24(19-25)15-16-27(32)30-33/h2-16,19,33H,17-18,20H2,1H3,(H,30,32). The number of rotatable bonds is 8. The third-order valence-electron chi connectivity index (χ3n) is 5.68. The zero-order valence-electron chi connectivity index (χ0n) is 18.6. The maximum absolute atomic E-state index is 11.4. The van der Waals surface area contributed by atoms with Crippen molar-refractivity contribution in [1.82, 2.24) is 15.0 Å². The van der Waals surface area contributed by atoms with Gasteiger partial charge in [0.15, 0.2) is 0 Å². The largest absolute Gasteiger partial charge is 0.328 e. The molecule has 0 aliphatic heterocycles. The number of imidazole rings is 1. The summed E-state index contributed by atoms with van der Waals surface area (Å²) < 4.78 is 2.29. The lowest BCUT2D eigenvalue weighted by Gasteiger charge is -2.11. The van der Waals surface area contributed by atoms with Crippen molar-refractivity contribution >= 4 is 12.0 Å². The minimum absolute atomic E-state index is 0.564. The number of carbonyl (C=O) groups is 1. The summed E-state index contributed by atoms with van der Waals surface area (Å²) in [6, 6.07) is 28.8. The fourth-order valence-electron chi connectivity index (χ4n) is 3.91. The number of hydrogen-bond donors (Lipinski definition) is 2. The third kappa shape index (κ3) is 5.64. The molecule has 3 aromatic carbocycles. The van der Waals surface area contributed by atoms with Crippen molar-refractivity contribution in [3.63, 3.8) is 0 Å². The molecule has 0 bridgehead atoms. The second-order valence-electron chi connectivity index (χ2n) is 7.95. The Kier molecular flexibility index (Phi) is 7.12. The lowest BCUT2D eigenvalue weighted by atomic mass is 10.1. The molecule has 0 radical (unpaired) electrons. The number of nitrogens with one attached hydrogen (secondary N) is 1. The summed E-state index contributed by atoms with van der Waals surface area (Å²) in [5.74, 6) is 0.349. The highest BCUT2D eigenvalue weighted by Gasteiger charge is 2.16. The van der Waals surface area contributed by atoms with Crippen molar-refractivity contribution in [2.45, 2.75) is 26.3 Å². The van der Waals surface area contributed by atoms with Gasteiger partial charge < -0.3 is 4.57 Å². The topological polar surface area (TPSA) is 67.2 Å². The summed E-state index contributed by atoms with van der Waals surface area (Å²) in [7, 11) is 0. The number of aromatic nitrogens is 2. The molecule has 0 fully saturated rings. The van der Waals surface area contributed by atoms with Gasteiger partial charge in [0.1, 0.15) is 5.82 Å². The summed E-state index contributed by atoms with van der Waals surface area (Å²) in [6.07, 6.45) is 4.65. The zero-order valence-corrected chi connectivity index (χ0v) is 18.6. The predicted molar refractivity (Wildman–Crippen MR) is 131 cm³/mol. The second kappa shape index (κ2) is 10.6. The van der Waals surface area contributed by atoms with Gasteiger partial charge in [0.05, 0.1) is 5.69 Å². The fraction of sp³-hybridized carbons (Fsp3) is 0.143. The van der Waals surface area contributed by atoms with E-state index < -0.39 is 5.91 Å². The maximum atomic E-state index is 11.4. The fourth-order valence-corrected chi connectivity index (χ4v) is 3.91. The van der Waals surface area contributed by atoms with Gasteiger partial charge in [-0.15, -0.1) is 0 Å². The Morgan fingerprint density at radius 2 is 1.67 bits per heavy atom. The van der Waals surface area contributed by atoms with E-state index in [9.17, 15) is 4.79 Å². The Hall–Kier alpha value is -3.96. The maximum Gasteiger partial charge on any atom is 0.267 e. The van der Waals surface area contributed by atoms with Crippen LogP contribution in [-0.4, -0.2) is 20.7 Å². The highest BCUT2D eigenvalue weighted by molar-refractivity contribution is 5.91. The van der Waals surface area contributed by atoms with E-state index in [1.165, 1.54) is 17.2 Å². The van der Waals surface area contributed by atoms with Crippen LogP contribution in [0.5, 0.6) is 0 Å². The molecular formula is C28H27N3O2. The first kappa shape index (κ1) is 22.2. The normalized spacial score (nSPS) is 11.1. The SMILES string of the molecule is Cc1c(Cc2ccccc2)nc(-c2cccc(C=CC(=O)NO)c2)n1CCc1ccccc1. The lowest BCUT2D eigenvalue weighted by molar-refractivity contribution is -0.124. The Morgan fingerprint density at radius 1 is 0.970 bits per heavy atom. The smallest absolute Gasteiger partial charge is 0.267 e. The van der Waals surface area contributed by atoms with E-state index in [1.54, 1.807) is 11.6 Å². The molecule has 0 spiro atoms. The van der Waals surface area contributed by atoms with Crippen LogP contribution < -0.4 is 5.48 Å². The van der Waals surface area contributed by atoms with Crippen molar-refractivity contribution in [3.8, 4) is 11.4 Å². The van der Waals surface area contributed by atoms with Gasteiger partial charge in [-0.05, 0) is 42.2 Å². The Balaban J connectivity index is 1.70. The van der Waals surface area contributed by atoms with E-state index in [2.05, 4.69) is 60.0 Å². The molecule has 0 atom stereocenters. The molecular weight excluding hydrogens is 410 g/mol. The van der Waals surface area contributed by atoms with Gasteiger partial charge in [-0.1, -0.05) is 78.9 Å². The van der Waals surface area contributed by atoms with Gasteiger partial charge in [-0.3, -0.25) is 10.0 Å². The molecule has 166 valence electrons. The first-order valence-corrected chi connectivity index (χ1v) is 11.0. The van der Waals surface area contributed by atoms with Crippen LogP contribution in [0, 0.1) is 6.92 Å². The average molecular weight is 438 g/mol. The van der Waals surface area contributed by atoms with Crippen molar-refractivity contribution in [2.75, 3.05) is 0 Å². The van der Waals surface area contributed by atoms with Crippen molar-refractivity contribution < 1.29 is 10.0 Å². The van der Waals surface area contributed by atoms with Gasteiger partial charge in [0, 0.05) is 30.3 Å². The van der Waals surface area contributed by atoms with Crippen molar-refractivity contribution in [3.05, 3.63) is 119 Å². The van der Waals surface area contributed by atoms with Crippen LogP contribution in [0.3, 0.4) is 0 Å². The summed E-state index contributed by atoms with van der Waals surface area (Å²) >= 11 is 0. The Bertz CT molecular complexity index is 1240. The number of aryl methyl sites for hydroxylation is 1. The minimum Gasteiger partial charge on any atom is -0.328 e. The average Bonchev–Trinajstić information content (AvgIpc) is 3.17. The molecule has 2 N–H and O–H groups in total. The van der Waals surface area contributed by atoms with Crippen molar-refractivity contribution in [1.29, 1.82) is 0 Å². The number of carbonyl (C=O) groups excluding carboxylic acids is 1. The van der Waals surface area contributed by atoms with Gasteiger partial charge in [-0.2, -0.15) is 0 Å². The number of hydroxylamine groups is 1. The van der Waals surface area contributed by atoms with Crippen LogP contribution in [0.2, 0.25) is 0 Å². The monoisotopic (exact) mass is 437 g/mol. The van der Waals surface area contributed by atoms with Gasteiger partial charge in [-0.25, -0.2) is 10.5 Å². The van der Waals surface area contributed by atoms with E-state index in [0.29, 0.717) is 0 Å². The molecule has 5 nitrogen and oxygen atoms in total. The number of benzene rings is 3. The molecule has 0 unspecified atom stereocenters. The third-order valence-corrected chi connectivity index (χ3v) is 5.68. The van der Waals surface area contributed by atoms with Crippen LogP contribution in [0.4, 0.5) is 0 Å². The summed E-state index contributed by atoms with van der Waals surface area (Å²) in [6.45, 7) is 2.95. The quantitative estimate of drug-likeness (QED) is 0.226. The van der Waals surface area contributed by atoms with Crippen molar-refractivity contribution in [2.24, 2.45) is 0 Å². The molecule has 1 amide bonds. The second-order valence-corrected chi connectivity index (χ2v) is 7.95. The van der Waals surface area contributed by atoms with Crippen LogP contribution in [0.15, 0.2) is 91.0 Å². The van der Waals surface area contributed by atoms with E-state index >= 15 is 0 Å². The van der Waals surface area contributed by atoms with E-state index in [0.717, 1.165) is 47.7 Å².